The van der Waals surface area contributed by atoms with Crippen molar-refractivity contribution in [2.45, 2.75) is 36.8 Å². The van der Waals surface area contributed by atoms with Crippen molar-refractivity contribution in [2.75, 3.05) is 0 Å². The number of alkyl halides is 6. The molecule has 0 saturated heterocycles. The fourth-order valence-corrected chi connectivity index (χ4v) is 3.66. The summed E-state index contributed by atoms with van der Waals surface area (Å²) >= 11 is 5.53. The van der Waals surface area contributed by atoms with Gasteiger partial charge < -0.3 is 5.11 Å². The highest BCUT2D eigenvalue weighted by molar-refractivity contribution is 6.31. The lowest BCUT2D eigenvalue weighted by atomic mass is 9.89. The minimum Gasteiger partial charge on any atom is -0.371 e. The first-order chi connectivity index (χ1) is 14.3. The molecular weight excluding hydrogens is 456 g/mol. The van der Waals surface area contributed by atoms with Gasteiger partial charge in [0, 0.05) is 18.8 Å². The first-order valence-corrected chi connectivity index (χ1v) is 9.12. The molecule has 1 saturated carbocycles. The number of hydrogen-bond acceptors (Lipinski definition) is 5. The van der Waals surface area contributed by atoms with Crippen LogP contribution in [0.5, 0.6) is 0 Å². The summed E-state index contributed by atoms with van der Waals surface area (Å²) in [6, 6.07) is 0.157. The summed E-state index contributed by atoms with van der Waals surface area (Å²) in [4.78, 5) is 15.6. The lowest BCUT2D eigenvalue weighted by molar-refractivity contribution is -0.250. The van der Waals surface area contributed by atoms with Crippen LogP contribution in [-0.4, -0.2) is 35.8 Å². The van der Waals surface area contributed by atoms with Crippen LogP contribution in [0.3, 0.4) is 0 Å². The number of hydrogen-bond donors (Lipinski definition) is 1. The molecule has 1 aliphatic rings. The van der Waals surface area contributed by atoms with Gasteiger partial charge in [0.15, 0.2) is 11.2 Å². The predicted octanol–water partition coefficient (Wildman–Crippen LogP) is 3.33. The highest BCUT2D eigenvalue weighted by Gasteiger charge is 2.59. The number of rotatable bonds is 3. The molecule has 1 aliphatic carbocycles. The Balaban J connectivity index is 1.99. The molecule has 166 valence electrons. The standard InChI is InChI=1S/C17H12ClF6N5O2/c1-28-13(9-6-26-29(8-2-3-8)14(30)11(9)27-28)15(31,17(22,23)24)7-4-10(18)12(25-5-7)16(19,20)21/h4-6,8,31H,2-3H2,1H3/t15-/m1/s1. The van der Waals surface area contributed by atoms with E-state index in [1.165, 1.54) is 0 Å². The molecule has 7 nitrogen and oxygen atoms in total. The van der Waals surface area contributed by atoms with Gasteiger partial charge in [0.05, 0.1) is 28.3 Å². The van der Waals surface area contributed by atoms with Crippen LogP contribution in [0, 0.1) is 0 Å². The summed E-state index contributed by atoms with van der Waals surface area (Å²) < 4.78 is 83.0. The summed E-state index contributed by atoms with van der Waals surface area (Å²) in [5.74, 6) is 0. The van der Waals surface area contributed by atoms with Crippen LogP contribution < -0.4 is 5.56 Å². The number of fused-ring (bicyclic) bond motifs is 1. The fourth-order valence-electron chi connectivity index (χ4n) is 3.39. The summed E-state index contributed by atoms with van der Waals surface area (Å²) in [5, 5.41) is 17.0. The van der Waals surface area contributed by atoms with Gasteiger partial charge in [-0.25, -0.2) is 9.67 Å². The van der Waals surface area contributed by atoms with E-state index in [1.54, 1.807) is 0 Å². The molecule has 1 fully saturated rings. The molecule has 0 bridgehead atoms. The van der Waals surface area contributed by atoms with Crippen molar-refractivity contribution in [3.8, 4) is 0 Å². The number of aromatic nitrogens is 5. The van der Waals surface area contributed by atoms with Gasteiger partial charge in [0.1, 0.15) is 0 Å². The average Bonchev–Trinajstić information content (AvgIpc) is 3.41. The van der Waals surface area contributed by atoms with E-state index >= 15 is 0 Å². The van der Waals surface area contributed by atoms with Crippen molar-refractivity contribution in [2.24, 2.45) is 7.05 Å². The molecule has 3 heterocycles. The third-order valence-corrected chi connectivity index (χ3v) is 5.27. The molecule has 0 aliphatic heterocycles. The van der Waals surface area contributed by atoms with Crippen LogP contribution in [-0.2, 0) is 18.8 Å². The maximum absolute atomic E-state index is 14.2. The Bertz CT molecular complexity index is 1250. The second-order valence-corrected chi connectivity index (χ2v) is 7.53. The second kappa shape index (κ2) is 6.66. The topological polar surface area (TPSA) is 85.8 Å². The summed E-state index contributed by atoms with van der Waals surface area (Å²) in [6.45, 7) is 0. The quantitative estimate of drug-likeness (QED) is 0.597. The van der Waals surface area contributed by atoms with Crippen molar-refractivity contribution >= 4 is 22.5 Å². The molecule has 31 heavy (non-hydrogen) atoms. The zero-order chi connectivity index (χ0) is 22.9. The number of nitrogens with zero attached hydrogens (tertiary/aromatic N) is 5. The van der Waals surface area contributed by atoms with E-state index in [0.29, 0.717) is 23.6 Å². The van der Waals surface area contributed by atoms with Gasteiger partial charge >= 0.3 is 12.4 Å². The SMILES string of the molecule is Cn1nc2c(=O)n(C3CC3)ncc2c1[C@](O)(c1cnc(C(F)(F)F)c(Cl)c1)C(F)(F)F. The van der Waals surface area contributed by atoms with Crippen molar-refractivity contribution in [3.63, 3.8) is 0 Å². The van der Waals surface area contributed by atoms with E-state index in [4.69, 9.17) is 11.6 Å². The Kier molecular flexibility index (Phi) is 4.63. The van der Waals surface area contributed by atoms with Crippen molar-refractivity contribution in [1.29, 1.82) is 0 Å². The Morgan fingerprint density at radius 3 is 2.32 bits per heavy atom. The smallest absolute Gasteiger partial charge is 0.371 e. The zero-order valence-electron chi connectivity index (χ0n) is 15.5. The summed E-state index contributed by atoms with van der Waals surface area (Å²) in [7, 11) is 1.06. The maximum Gasteiger partial charge on any atom is 0.434 e. The van der Waals surface area contributed by atoms with Crippen LogP contribution in [0.25, 0.3) is 10.9 Å². The minimum absolute atomic E-state index is 0.179. The molecule has 4 rings (SSSR count). The molecule has 1 atom stereocenters. The largest absolute Gasteiger partial charge is 0.434 e. The Labute approximate surface area is 173 Å². The van der Waals surface area contributed by atoms with Gasteiger partial charge in [0.25, 0.3) is 5.56 Å². The van der Waals surface area contributed by atoms with E-state index in [0.717, 1.165) is 17.9 Å². The second-order valence-electron chi connectivity index (χ2n) is 7.12. The van der Waals surface area contributed by atoms with Gasteiger partial charge in [-0.2, -0.15) is 36.5 Å². The molecule has 3 aromatic heterocycles. The van der Waals surface area contributed by atoms with Gasteiger partial charge in [-0.15, -0.1) is 0 Å². The fraction of sp³-hybridized carbons (Fsp3) is 0.412. The predicted molar refractivity (Wildman–Crippen MR) is 94.3 cm³/mol. The van der Waals surface area contributed by atoms with Crippen LogP contribution in [0.4, 0.5) is 26.3 Å². The molecule has 3 aromatic rings. The van der Waals surface area contributed by atoms with E-state index in [-0.39, 0.29) is 17.8 Å². The molecular formula is C17H12ClF6N5O2. The molecule has 14 heteroatoms. The van der Waals surface area contributed by atoms with E-state index in [2.05, 4.69) is 15.2 Å². The van der Waals surface area contributed by atoms with Crippen molar-refractivity contribution in [3.05, 3.63) is 50.8 Å². The zero-order valence-corrected chi connectivity index (χ0v) is 16.2. The van der Waals surface area contributed by atoms with E-state index < -0.39 is 50.9 Å². The first kappa shape index (κ1) is 21.6. The minimum atomic E-state index is -5.44. The number of halogens is 7. The van der Waals surface area contributed by atoms with Gasteiger partial charge in [-0.05, 0) is 18.9 Å². The molecule has 0 unspecified atom stereocenters. The number of pyridine rings is 1. The first-order valence-electron chi connectivity index (χ1n) is 8.74. The van der Waals surface area contributed by atoms with Crippen LogP contribution in [0.2, 0.25) is 5.02 Å². The monoisotopic (exact) mass is 467 g/mol. The van der Waals surface area contributed by atoms with E-state index in [1.807, 2.05) is 0 Å². The van der Waals surface area contributed by atoms with Gasteiger partial charge in [-0.1, -0.05) is 11.6 Å². The Morgan fingerprint density at radius 1 is 1.16 bits per heavy atom. The van der Waals surface area contributed by atoms with Gasteiger partial charge in [0.2, 0.25) is 5.60 Å². The number of aliphatic hydroxyl groups is 1. The van der Waals surface area contributed by atoms with Crippen molar-refractivity contribution < 1.29 is 31.4 Å². The van der Waals surface area contributed by atoms with Gasteiger partial charge in [-0.3, -0.25) is 9.48 Å². The van der Waals surface area contributed by atoms with E-state index in [9.17, 15) is 36.2 Å². The normalized spacial score (nSPS) is 17.2. The summed E-state index contributed by atoms with van der Waals surface area (Å²) in [6.07, 6.45) is -7.89. The number of aryl methyl sites for hydroxylation is 1. The molecule has 0 radical (unpaired) electrons. The molecule has 0 amide bonds. The van der Waals surface area contributed by atoms with Crippen LogP contribution in [0.1, 0.15) is 35.8 Å². The Morgan fingerprint density at radius 2 is 1.81 bits per heavy atom. The highest BCUT2D eigenvalue weighted by Crippen LogP contribution is 2.47. The van der Waals surface area contributed by atoms with Crippen LogP contribution in [0.15, 0.2) is 23.3 Å². The highest BCUT2D eigenvalue weighted by atomic mass is 35.5. The lowest BCUT2D eigenvalue weighted by Gasteiger charge is -2.31. The Hall–Kier alpha value is -2.67. The summed E-state index contributed by atoms with van der Waals surface area (Å²) in [5.41, 5.74) is -8.57. The third kappa shape index (κ3) is 3.26. The lowest BCUT2D eigenvalue weighted by Crippen LogP contribution is -2.45. The average molecular weight is 468 g/mol. The molecule has 0 spiro atoms. The van der Waals surface area contributed by atoms with Crippen LogP contribution >= 0.6 is 11.6 Å². The molecule has 0 aromatic carbocycles. The van der Waals surface area contributed by atoms with Crippen molar-refractivity contribution in [1.82, 2.24) is 24.5 Å². The molecule has 1 N–H and O–H groups in total. The maximum atomic E-state index is 14.2. The third-order valence-electron chi connectivity index (χ3n) is 4.98.